The SMILES string of the molecule is CC1CN(c2ccc(S(=O)(=O)C(C)C)c(-c3ccc(C=O)o3)c2)CC(C)O1. The number of hydrogen-bond acceptors (Lipinski definition) is 6. The van der Waals surface area contributed by atoms with Crippen LogP contribution in [0.2, 0.25) is 0 Å². The van der Waals surface area contributed by atoms with E-state index in [1.807, 2.05) is 26.0 Å². The third-order valence-electron chi connectivity index (χ3n) is 4.68. The second kappa shape index (κ2) is 7.48. The molecule has 0 radical (unpaired) electrons. The Bertz CT molecular complexity index is 922. The molecule has 2 atom stereocenters. The van der Waals surface area contributed by atoms with Crippen molar-refractivity contribution in [2.75, 3.05) is 18.0 Å². The quantitative estimate of drug-likeness (QED) is 0.726. The van der Waals surface area contributed by atoms with Gasteiger partial charge in [-0.3, -0.25) is 4.79 Å². The summed E-state index contributed by atoms with van der Waals surface area (Å²) >= 11 is 0. The molecule has 0 spiro atoms. The number of ether oxygens (including phenoxy) is 1. The highest BCUT2D eigenvalue weighted by Crippen LogP contribution is 2.35. The van der Waals surface area contributed by atoms with E-state index in [4.69, 9.17) is 9.15 Å². The number of benzene rings is 1. The number of anilines is 1. The summed E-state index contributed by atoms with van der Waals surface area (Å²) in [5.74, 6) is 0.532. The van der Waals surface area contributed by atoms with Crippen molar-refractivity contribution in [2.24, 2.45) is 0 Å². The molecule has 0 bridgehead atoms. The second-order valence-electron chi connectivity index (χ2n) is 7.26. The van der Waals surface area contributed by atoms with Gasteiger partial charge < -0.3 is 14.1 Å². The van der Waals surface area contributed by atoms with Crippen LogP contribution in [-0.4, -0.2) is 45.3 Å². The summed E-state index contributed by atoms with van der Waals surface area (Å²) in [6, 6.07) is 8.46. The van der Waals surface area contributed by atoms with Gasteiger partial charge >= 0.3 is 0 Å². The van der Waals surface area contributed by atoms with Crippen molar-refractivity contribution < 1.29 is 22.4 Å². The number of hydrogen-bond donors (Lipinski definition) is 0. The molecule has 1 aliphatic rings. The molecule has 2 heterocycles. The van der Waals surface area contributed by atoms with Gasteiger partial charge in [-0.15, -0.1) is 0 Å². The summed E-state index contributed by atoms with van der Waals surface area (Å²) in [6.45, 7) is 8.78. The number of sulfone groups is 1. The monoisotopic (exact) mass is 391 g/mol. The first-order chi connectivity index (χ1) is 12.7. The molecule has 2 aromatic rings. The Morgan fingerprint density at radius 1 is 1.11 bits per heavy atom. The van der Waals surface area contributed by atoms with Crippen molar-refractivity contribution in [3.8, 4) is 11.3 Å². The molecule has 2 unspecified atom stereocenters. The second-order valence-corrected chi connectivity index (χ2v) is 9.73. The van der Waals surface area contributed by atoms with Crippen molar-refractivity contribution >= 4 is 21.8 Å². The van der Waals surface area contributed by atoms with E-state index >= 15 is 0 Å². The standard InChI is InChI=1S/C20H25NO5S/c1-13(2)27(23,24)20-8-5-16(21-10-14(3)25-15(4)11-21)9-18(20)19-7-6-17(12-22)26-19/h5-9,12-15H,10-11H2,1-4H3. The topological polar surface area (TPSA) is 76.8 Å². The van der Waals surface area contributed by atoms with Crippen molar-refractivity contribution in [3.05, 3.63) is 36.1 Å². The molecular weight excluding hydrogens is 366 g/mol. The van der Waals surface area contributed by atoms with Gasteiger partial charge in [-0.05, 0) is 58.0 Å². The lowest BCUT2D eigenvalue weighted by Crippen LogP contribution is -2.45. The lowest BCUT2D eigenvalue weighted by Gasteiger charge is -2.37. The Kier molecular flexibility index (Phi) is 5.44. The van der Waals surface area contributed by atoms with Crippen LogP contribution in [-0.2, 0) is 14.6 Å². The van der Waals surface area contributed by atoms with Crippen LogP contribution in [0, 0.1) is 0 Å². The molecule has 1 aromatic carbocycles. The summed E-state index contributed by atoms with van der Waals surface area (Å²) in [5, 5.41) is -0.564. The summed E-state index contributed by atoms with van der Waals surface area (Å²) in [4.78, 5) is 13.4. The fourth-order valence-electron chi connectivity index (χ4n) is 3.36. The van der Waals surface area contributed by atoms with Crippen LogP contribution in [0.3, 0.4) is 0 Å². The van der Waals surface area contributed by atoms with Gasteiger partial charge in [0.2, 0.25) is 0 Å². The zero-order chi connectivity index (χ0) is 19.8. The lowest BCUT2D eigenvalue weighted by atomic mass is 10.1. The van der Waals surface area contributed by atoms with Gasteiger partial charge in [0.05, 0.1) is 22.4 Å². The van der Waals surface area contributed by atoms with Gasteiger partial charge in [0, 0.05) is 24.3 Å². The zero-order valence-corrected chi connectivity index (χ0v) is 16.8. The zero-order valence-electron chi connectivity index (χ0n) is 16.0. The maximum atomic E-state index is 12.8. The van der Waals surface area contributed by atoms with E-state index in [2.05, 4.69) is 4.90 Å². The van der Waals surface area contributed by atoms with Crippen LogP contribution in [0.5, 0.6) is 0 Å². The number of carbonyl (C=O) groups is 1. The molecule has 146 valence electrons. The molecule has 0 aliphatic carbocycles. The van der Waals surface area contributed by atoms with E-state index in [0.29, 0.717) is 17.6 Å². The van der Waals surface area contributed by atoms with Crippen molar-refractivity contribution in [1.29, 1.82) is 0 Å². The minimum Gasteiger partial charge on any atom is -0.453 e. The predicted octanol–water partition coefficient (Wildman–Crippen LogP) is 3.55. The molecule has 27 heavy (non-hydrogen) atoms. The normalized spacial score (nSPS) is 20.9. The highest BCUT2D eigenvalue weighted by Gasteiger charge is 2.27. The number of morpholine rings is 1. The number of rotatable bonds is 5. The van der Waals surface area contributed by atoms with Gasteiger partial charge in [-0.25, -0.2) is 8.42 Å². The predicted molar refractivity (Wildman–Crippen MR) is 104 cm³/mol. The first-order valence-corrected chi connectivity index (χ1v) is 10.6. The van der Waals surface area contributed by atoms with E-state index in [9.17, 15) is 13.2 Å². The fourth-order valence-corrected chi connectivity index (χ4v) is 4.59. The van der Waals surface area contributed by atoms with Gasteiger partial charge in [-0.1, -0.05) is 0 Å². The van der Waals surface area contributed by atoms with Crippen LogP contribution < -0.4 is 4.90 Å². The first-order valence-electron chi connectivity index (χ1n) is 9.06. The van der Waals surface area contributed by atoms with Crippen LogP contribution in [0.25, 0.3) is 11.3 Å². The summed E-state index contributed by atoms with van der Waals surface area (Å²) in [5.41, 5.74) is 1.37. The van der Waals surface area contributed by atoms with Crippen LogP contribution in [0.4, 0.5) is 5.69 Å². The van der Waals surface area contributed by atoms with E-state index in [-0.39, 0.29) is 22.9 Å². The van der Waals surface area contributed by atoms with Crippen molar-refractivity contribution in [1.82, 2.24) is 0 Å². The maximum Gasteiger partial charge on any atom is 0.185 e. The van der Waals surface area contributed by atoms with Gasteiger partial charge in [0.25, 0.3) is 0 Å². The summed E-state index contributed by atoms with van der Waals surface area (Å²) in [6.07, 6.45) is 0.776. The molecule has 3 rings (SSSR count). The lowest BCUT2D eigenvalue weighted by molar-refractivity contribution is -0.00522. The Morgan fingerprint density at radius 3 is 2.33 bits per heavy atom. The molecule has 1 saturated heterocycles. The minimum atomic E-state index is -3.51. The molecule has 0 amide bonds. The van der Waals surface area contributed by atoms with Crippen LogP contribution >= 0.6 is 0 Å². The van der Waals surface area contributed by atoms with E-state index in [0.717, 1.165) is 18.8 Å². The maximum absolute atomic E-state index is 12.8. The fraction of sp³-hybridized carbons (Fsp3) is 0.450. The Hall–Kier alpha value is -2.12. The third kappa shape index (κ3) is 3.94. The van der Waals surface area contributed by atoms with E-state index in [1.54, 1.807) is 32.0 Å². The minimum absolute atomic E-state index is 0.0848. The average molecular weight is 391 g/mol. The number of furan rings is 1. The molecule has 1 aromatic heterocycles. The van der Waals surface area contributed by atoms with Crippen molar-refractivity contribution in [2.45, 2.75) is 50.0 Å². The van der Waals surface area contributed by atoms with E-state index < -0.39 is 15.1 Å². The summed E-state index contributed by atoms with van der Waals surface area (Å²) < 4.78 is 37.0. The number of nitrogens with zero attached hydrogens (tertiary/aromatic N) is 1. The molecule has 6 nitrogen and oxygen atoms in total. The summed E-state index contributed by atoms with van der Waals surface area (Å²) in [7, 11) is -3.51. The molecule has 0 N–H and O–H groups in total. The van der Waals surface area contributed by atoms with Gasteiger partial charge in [0.1, 0.15) is 5.76 Å². The van der Waals surface area contributed by atoms with Crippen LogP contribution in [0.1, 0.15) is 38.2 Å². The third-order valence-corrected chi connectivity index (χ3v) is 6.89. The number of aldehydes is 1. The molecule has 1 aliphatic heterocycles. The Labute approximate surface area is 160 Å². The largest absolute Gasteiger partial charge is 0.453 e. The van der Waals surface area contributed by atoms with Gasteiger partial charge in [0.15, 0.2) is 21.9 Å². The highest BCUT2D eigenvalue weighted by atomic mass is 32.2. The first kappa shape index (κ1) is 19.6. The van der Waals surface area contributed by atoms with Crippen molar-refractivity contribution in [3.63, 3.8) is 0 Å². The average Bonchev–Trinajstić information content (AvgIpc) is 3.09. The van der Waals surface area contributed by atoms with E-state index in [1.165, 1.54) is 0 Å². The van der Waals surface area contributed by atoms with Crippen LogP contribution in [0.15, 0.2) is 39.6 Å². The number of carbonyl (C=O) groups excluding carboxylic acids is 1. The smallest absolute Gasteiger partial charge is 0.185 e. The molecule has 7 heteroatoms. The molecular formula is C20H25NO5S. The van der Waals surface area contributed by atoms with Gasteiger partial charge in [-0.2, -0.15) is 0 Å². The molecule has 0 saturated carbocycles. The highest BCUT2D eigenvalue weighted by molar-refractivity contribution is 7.92. The molecule has 1 fully saturated rings. The Morgan fingerprint density at radius 2 is 1.78 bits per heavy atom. The Balaban J connectivity index is 2.12.